The minimum absolute atomic E-state index is 0.112. The lowest BCUT2D eigenvalue weighted by atomic mass is 10.1. The number of rotatable bonds is 4. The lowest BCUT2D eigenvalue weighted by Crippen LogP contribution is -2.39. The van der Waals surface area contributed by atoms with Crippen LogP contribution in [0.15, 0.2) is 30.3 Å². The van der Waals surface area contributed by atoms with Crippen molar-refractivity contribution in [2.75, 3.05) is 18.5 Å². The maximum absolute atomic E-state index is 13.5. The SMILES string of the molecule is Cc1ccc(Nc2ccc(C(=O)NC3CCOCC3)nn2)cc1F. The molecule has 0 atom stereocenters. The maximum atomic E-state index is 13.5. The third-order valence-electron chi connectivity index (χ3n) is 3.90. The molecule has 0 unspecified atom stereocenters. The Labute approximate surface area is 139 Å². The highest BCUT2D eigenvalue weighted by molar-refractivity contribution is 5.92. The molecule has 1 aliphatic rings. The van der Waals surface area contributed by atoms with E-state index in [9.17, 15) is 9.18 Å². The van der Waals surface area contributed by atoms with E-state index in [2.05, 4.69) is 20.8 Å². The van der Waals surface area contributed by atoms with E-state index in [1.807, 2.05) is 0 Å². The molecule has 1 aromatic heterocycles. The van der Waals surface area contributed by atoms with Crippen molar-refractivity contribution in [3.63, 3.8) is 0 Å². The highest BCUT2D eigenvalue weighted by Crippen LogP contribution is 2.17. The zero-order valence-corrected chi connectivity index (χ0v) is 13.4. The number of nitrogens with zero attached hydrogens (tertiary/aromatic N) is 2. The summed E-state index contributed by atoms with van der Waals surface area (Å²) in [6.45, 7) is 3.02. The molecule has 0 bridgehead atoms. The van der Waals surface area contributed by atoms with Gasteiger partial charge in [0.15, 0.2) is 11.5 Å². The second-order valence-electron chi connectivity index (χ2n) is 5.75. The summed E-state index contributed by atoms with van der Waals surface area (Å²) in [5.41, 5.74) is 1.40. The van der Waals surface area contributed by atoms with Crippen molar-refractivity contribution in [2.24, 2.45) is 0 Å². The topological polar surface area (TPSA) is 76.1 Å². The molecule has 0 radical (unpaired) electrons. The Kier molecular flexibility index (Phi) is 5.00. The van der Waals surface area contributed by atoms with E-state index in [1.54, 1.807) is 31.2 Å². The fourth-order valence-electron chi connectivity index (χ4n) is 2.44. The summed E-state index contributed by atoms with van der Waals surface area (Å²) in [5.74, 6) is -0.0939. The molecule has 126 valence electrons. The van der Waals surface area contributed by atoms with Gasteiger partial charge in [0.2, 0.25) is 0 Å². The van der Waals surface area contributed by atoms with Crippen molar-refractivity contribution >= 4 is 17.4 Å². The van der Waals surface area contributed by atoms with Gasteiger partial charge >= 0.3 is 0 Å². The van der Waals surface area contributed by atoms with E-state index in [0.717, 1.165) is 12.8 Å². The van der Waals surface area contributed by atoms with Crippen LogP contribution in [0.25, 0.3) is 0 Å². The third-order valence-corrected chi connectivity index (χ3v) is 3.90. The van der Waals surface area contributed by atoms with E-state index in [-0.39, 0.29) is 23.5 Å². The first kappa shape index (κ1) is 16.3. The monoisotopic (exact) mass is 330 g/mol. The number of benzene rings is 1. The van der Waals surface area contributed by atoms with Crippen LogP contribution < -0.4 is 10.6 Å². The van der Waals surface area contributed by atoms with E-state index in [0.29, 0.717) is 30.3 Å². The Morgan fingerprint density at radius 1 is 1.21 bits per heavy atom. The minimum Gasteiger partial charge on any atom is -0.381 e. The van der Waals surface area contributed by atoms with Gasteiger partial charge in [0.1, 0.15) is 5.82 Å². The number of hydrogen-bond acceptors (Lipinski definition) is 5. The minimum atomic E-state index is -0.291. The molecule has 1 aromatic carbocycles. The molecular formula is C17H19FN4O2. The number of halogens is 1. The summed E-state index contributed by atoms with van der Waals surface area (Å²) >= 11 is 0. The van der Waals surface area contributed by atoms with Gasteiger partial charge in [-0.1, -0.05) is 6.07 Å². The number of carbonyl (C=O) groups is 1. The van der Waals surface area contributed by atoms with Crippen LogP contribution in [0.4, 0.5) is 15.9 Å². The molecule has 1 amide bonds. The molecule has 0 saturated carbocycles. The van der Waals surface area contributed by atoms with Crippen molar-refractivity contribution in [2.45, 2.75) is 25.8 Å². The standard InChI is InChI=1S/C17H19FN4O2/c1-11-2-3-13(10-14(11)18)19-16-5-4-15(21-22-16)17(23)20-12-6-8-24-9-7-12/h2-5,10,12H,6-9H2,1H3,(H,19,22)(H,20,23). The number of ether oxygens (including phenoxy) is 1. The number of aryl methyl sites for hydroxylation is 1. The van der Waals surface area contributed by atoms with Gasteiger partial charge in [0.25, 0.3) is 5.91 Å². The van der Waals surface area contributed by atoms with Gasteiger partial charge in [-0.3, -0.25) is 4.79 Å². The number of anilines is 2. The number of hydrogen-bond donors (Lipinski definition) is 2. The zero-order valence-electron chi connectivity index (χ0n) is 13.4. The third kappa shape index (κ3) is 4.05. The summed E-state index contributed by atoms with van der Waals surface area (Å²) in [5, 5.41) is 13.8. The number of amides is 1. The molecule has 1 aliphatic heterocycles. The molecule has 7 heteroatoms. The van der Waals surface area contributed by atoms with Crippen LogP contribution in [0, 0.1) is 12.7 Å². The molecule has 0 spiro atoms. The number of aromatic nitrogens is 2. The second-order valence-corrected chi connectivity index (χ2v) is 5.75. The summed E-state index contributed by atoms with van der Waals surface area (Å²) in [6.07, 6.45) is 1.61. The first-order chi connectivity index (χ1) is 11.6. The van der Waals surface area contributed by atoms with Crippen molar-refractivity contribution in [3.8, 4) is 0 Å². The first-order valence-electron chi connectivity index (χ1n) is 7.87. The van der Waals surface area contributed by atoms with E-state index >= 15 is 0 Å². The first-order valence-corrected chi connectivity index (χ1v) is 7.87. The number of carbonyl (C=O) groups excluding carboxylic acids is 1. The summed E-state index contributed by atoms with van der Waals surface area (Å²) in [6, 6.07) is 8.18. The van der Waals surface area contributed by atoms with E-state index < -0.39 is 0 Å². The Hall–Kier alpha value is -2.54. The molecule has 24 heavy (non-hydrogen) atoms. The van der Waals surface area contributed by atoms with Crippen molar-refractivity contribution in [1.82, 2.24) is 15.5 Å². The Bertz CT molecular complexity index is 715. The zero-order chi connectivity index (χ0) is 16.9. The van der Waals surface area contributed by atoms with Crippen molar-refractivity contribution in [1.29, 1.82) is 0 Å². The average molecular weight is 330 g/mol. The Morgan fingerprint density at radius 2 is 2.00 bits per heavy atom. The van der Waals surface area contributed by atoms with Gasteiger partial charge in [-0.25, -0.2) is 4.39 Å². The predicted molar refractivity (Wildman–Crippen MR) is 87.8 cm³/mol. The van der Waals surface area contributed by atoms with Crippen LogP contribution in [0.5, 0.6) is 0 Å². The van der Waals surface area contributed by atoms with Gasteiger partial charge in [-0.2, -0.15) is 0 Å². The van der Waals surface area contributed by atoms with Gasteiger partial charge in [0.05, 0.1) is 0 Å². The summed E-state index contributed by atoms with van der Waals surface area (Å²) < 4.78 is 18.8. The molecule has 2 aromatic rings. The molecular weight excluding hydrogens is 311 g/mol. The average Bonchev–Trinajstić information content (AvgIpc) is 2.60. The van der Waals surface area contributed by atoms with Crippen LogP contribution >= 0.6 is 0 Å². The largest absolute Gasteiger partial charge is 0.381 e. The predicted octanol–water partition coefficient (Wildman–Crippen LogP) is 2.58. The van der Waals surface area contributed by atoms with Gasteiger partial charge < -0.3 is 15.4 Å². The van der Waals surface area contributed by atoms with Crippen molar-refractivity contribution < 1.29 is 13.9 Å². The summed E-state index contributed by atoms with van der Waals surface area (Å²) in [7, 11) is 0. The van der Waals surface area contributed by atoms with Crippen LogP contribution in [-0.2, 0) is 4.74 Å². The van der Waals surface area contributed by atoms with Crippen molar-refractivity contribution in [3.05, 3.63) is 47.4 Å². The normalized spacial score (nSPS) is 15.1. The maximum Gasteiger partial charge on any atom is 0.272 e. The molecule has 6 nitrogen and oxygen atoms in total. The molecule has 1 saturated heterocycles. The van der Waals surface area contributed by atoms with E-state index in [4.69, 9.17) is 4.74 Å². The van der Waals surface area contributed by atoms with Crippen LogP contribution in [-0.4, -0.2) is 35.4 Å². The Balaban J connectivity index is 1.61. The van der Waals surface area contributed by atoms with Crippen LogP contribution in [0.3, 0.4) is 0 Å². The lowest BCUT2D eigenvalue weighted by Gasteiger charge is -2.22. The Morgan fingerprint density at radius 3 is 2.67 bits per heavy atom. The fourth-order valence-corrected chi connectivity index (χ4v) is 2.44. The smallest absolute Gasteiger partial charge is 0.272 e. The van der Waals surface area contributed by atoms with Crippen LogP contribution in [0.1, 0.15) is 28.9 Å². The highest BCUT2D eigenvalue weighted by atomic mass is 19.1. The molecule has 0 aliphatic carbocycles. The van der Waals surface area contributed by atoms with Crippen LogP contribution in [0.2, 0.25) is 0 Å². The second kappa shape index (κ2) is 7.35. The lowest BCUT2D eigenvalue weighted by molar-refractivity contribution is 0.0693. The van der Waals surface area contributed by atoms with Gasteiger partial charge in [-0.05, 0) is 49.6 Å². The molecule has 3 rings (SSSR count). The summed E-state index contributed by atoms with van der Waals surface area (Å²) in [4.78, 5) is 12.1. The highest BCUT2D eigenvalue weighted by Gasteiger charge is 2.18. The van der Waals surface area contributed by atoms with Gasteiger partial charge in [-0.15, -0.1) is 10.2 Å². The number of nitrogens with one attached hydrogen (secondary N) is 2. The fraction of sp³-hybridized carbons (Fsp3) is 0.353. The molecule has 2 N–H and O–H groups in total. The quantitative estimate of drug-likeness (QED) is 0.901. The van der Waals surface area contributed by atoms with Gasteiger partial charge in [0, 0.05) is 24.9 Å². The molecule has 2 heterocycles. The molecule has 1 fully saturated rings. The van der Waals surface area contributed by atoms with E-state index in [1.165, 1.54) is 6.07 Å².